The van der Waals surface area contributed by atoms with Gasteiger partial charge in [-0.3, -0.25) is 9.59 Å². The highest BCUT2D eigenvalue weighted by molar-refractivity contribution is 6.34. The first-order chi connectivity index (χ1) is 13.6. The SMILES string of the molecule is Cl.NCCC(=O)NCC1CCCCN1C(=O)c1cc(-c2ccccc2)ccc1Cl. The third kappa shape index (κ3) is 5.95. The van der Waals surface area contributed by atoms with Gasteiger partial charge in [0.05, 0.1) is 10.6 Å². The molecule has 29 heavy (non-hydrogen) atoms. The van der Waals surface area contributed by atoms with E-state index in [2.05, 4.69) is 5.32 Å². The maximum Gasteiger partial charge on any atom is 0.255 e. The van der Waals surface area contributed by atoms with E-state index >= 15 is 0 Å². The average molecular weight is 436 g/mol. The molecular formula is C22H27Cl2N3O2. The lowest BCUT2D eigenvalue weighted by atomic mass is 9.98. The molecule has 2 amide bonds. The van der Waals surface area contributed by atoms with E-state index < -0.39 is 0 Å². The summed E-state index contributed by atoms with van der Waals surface area (Å²) in [4.78, 5) is 26.9. The molecule has 0 bridgehead atoms. The Morgan fingerprint density at radius 2 is 1.86 bits per heavy atom. The zero-order valence-corrected chi connectivity index (χ0v) is 17.8. The van der Waals surface area contributed by atoms with E-state index in [1.807, 2.05) is 47.4 Å². The fourth-order valence-electron chi connectivity index (χ4n) is 3.59. The molecule has 1 fully saturated rings. The predicted molar refractivity (Wildman–Crippen MR) is 119 cm³/mol. The van der Waals surface area contributed by atoms with Gasteiger partial charge in [-0.15, -0.1) is 12.4 Å². The number of hydrogen-bond donors (Lipinski definition) is 2. The van der Waals surface area contributed by atoms with Crippen molar-refractivity contribution >= 4 is 35.8 Å². The number of amides is 2. The molecule has 156 valence electrons. The topological polar surface area (TPSA) is 75.4 Å². The minimum absolute atomic E-state index is 0. The molecule has 1 aliphatic heterocycles. The molecule has 1 saturated heterocycles. The molecule has 1 atom stereocenters. The third-order valence-corrected chi connectivity index (χ3v) is 5.43. The Bertz CT molecular complexity index is 830. The highest BCUT2D eigenvalue weighted by Gasteiger charge is 2.29. The van der Waals surface area contributed by atoms with Gasteiger partial charge in [-0.1, -0.05) is 48.0 Å². The fourth-order valence-corrected chi connectivity index (χ4v) is 3.78. The van der Waals surface area contributed by atoms with Crippen LogP contribution in [-0.2, 0) is 4.79 Å². The highest BCUT2D eigenvalue weighted by atomic mass is 35.5. The smallest absolute Gasteiger partial charge is 0.255 e. The van der Waals surface area contributed by atoms with Gasteiger partial charge in [-0.05, 0) is 42.5 Å². The molecule has 5 nitrogen and oxygen atoms in total. The van der Waals surface area contributed by atoms with Gasteiger partial charge in [0.1, 0.15) is 0 Å². The summed E-state index contributed by atoms with van der Waals surface area (Å²) in [6.45, 7) is 1.43. The van der Waals surface area contributed by atoms with Crippen LogP contribution in [-0.4, -0.2) is 42.4 Å². The van der Waals surface area contributed by atoms with Crippen molar-refractivity contribution in [1.29, 1.82) is 0 Å². The average Bonchev–Trinajstić information content (AvgIpc) is 2.73. The van der Waals surface area contributed by atoms with E-state index in [-0.39, 0.29) is 30.3 Å². The second-order valence-corrected chi connectivity index (χ2v) is 7.46. The zero-order chi connectivity index (χ0) is 19.9. The maximum absolute atomic E-state index is 13.3. The van der Waals surface area contributed by atoms with Gasteiger partial charge in [0.25, 0.3) is 5.91 Å². The monoisotopic (exact) mass is 435 g/mol. The molecule has 1 heterocycles. The van der Waals surface area contributed by atoms with E-state index in [1.165, 1.54) is 0 Å². The van der Waals surface area contributed by atoms with Gasteiger partial charge in [-0.25, -0.2) is 0 Å². The molecule has 0 saturated carbocycles. The number of likely N-dealkylation sites (tertiary alicyclic amines) is 1. The lowest BCUT2D eigenvalue weighted by molar-refractivity contribution is -0.121. The first kappa shape index (κ1) is 23.2. The second-order valence-electron chi connectivity index (χ2n) is 7.05. The van der Waals surface area contributed by atoms with Gasteiger partial charge < -0.3 is 16.0 Å². The number of piperidine rings is 1. The van der Waals surface area contributed by atoms with E-state index in [9.17, 15) is 9.59 Å². The first-order valence-corrected chi connectivity index (χ1v) is 10.1. The number of hydrogen-bond acceptors (Lipinski definition) is 3. The van der Waals surface area contributed by atoms with Crippen molar-refractivity contribution in [2.45, 2.75) is 31.7 Å². The molecule has 0 aromatic heterocycles. The number of carbonyl (C=O) groups excluding carboxylic acids is 2. The predicted octanol–water partition coefficient (Wildman–Crippen LogP) is 3.89. The van der Waals surface area contributed by atoms with Crippen LogP contribution in [0.15, 0.2) is 48.5 Å². The molecule has 0 radical (unpaired) electrons. The van der Waals surface area contributed by atoms with E-state index in [4.69, 9.17) is 17.3 Å². The summed E-state index contributed by atoms with van der Waals surface area (Å²) < 4.78 is 0. The third-order valence-electron chi connectivity index (χ3n) is 5.10. The summed E-state index contributed by atoms with van der Waals surface area (Å²) in [6.07, 6.45) is 3.16. The fraction of sp³-hybridized carbons (Fsp3) is 0.364. The van der Waals surface area contributed by atoms with Gasteiger partial charge in [0.15, 0.2) is 0 Å². The van der Waals surface area contributed by atoms with Gasteiger partial charge >= 0.3 is 0 Å². The molecule has 3 N–H and O–H groups in total. The minimum Gasteiger partial charge on any atom is -0.354 e. The Morgan fingerprint density at radius 3 is 2.59 bits per heavy atom. The van der Waals surface area contributed by atoms with Crippen molar-refractivity contribution in [3.63, 3.8) is 0 Å². The summed E-state index contributed by atoms with van der Waals surface area (Å²) in [5.74, 6) is -0.162. The van der Waals surface area contributed by atoms with Crippen molar-refractivity contribution in [3.05, 3.63) is 59.1 Å². The van der Waals surface area contributed by atoms with Crippen molar-refractivity contribution < 1.29 is 9.59 Å². The van der Waals surface area contributed by atoms with E-state index in [0.717, 1.165) is 30.4 Å². The maximum atomic E-state index is 13.3. The normalized spacial score (nSPS) is 16.1. The van der Waals surface area contributed by atoms with Crippen molar-refractivity contribution in [1.82, 2.24) is 10.2 Å². The van der Waals surface area contributed by atoms with Crippen molar-refractivity contribution in [2.24, 2.45) is 5.73 Å². The van der Waals surface area contributed by atoms with E-state index in [1.54, 1.807) is 6.07 Å². The largest absolute Gasteiger partial charge is 0.354 e. The number of nitrogens with one attached hydrogen (secondary N) is 1. The van der Waals surface area contributed by atoms with Crippen molar-refractivity contribution in [2.75, 3.05) is 19.6 Å². The number of benzene rings is 2. The Morgan fingerprint density at radius 1 is 1.10 bits per heavy atom. The summed E-state index contributed by atoms with van der Waals surface area (Å²) in [5, 5.41) is 3.34. The molecule has 0 aliphatic carbocycles. The Labute approximate surface area is 183 Å². The van der Waals surface area contributed by atoms with Crippen molar-refractivity contribution in [3.8, 4) is 11.1 Å². The standard InChI is InChI=1S/C22H26ClN3O2.ClH/c23-20-10-9-17(16-6-2-1-3-7-16)14-19(20)22(28)26-13-5-4-8-18(26)15-25-21(27)11-12-24;/h1-3,6-7,9-10,14,18H,4-5,8,11-13,15,24H2,(H,25,27);1H. The Balaban J connectivity index is 0.00000300. The Kier molecular flexibility index (Phi) is 8.96. The summed E-state index contributed by atoms with van der Waals surface area (Å²) in [6, 6.07) is 15.4. The summed E-state index contributed by atoms with van der Waals surface area (Å²) >= 11 is 6.38. The van der Waals surface area contributed by atoms with Crippen LogP contribution in [0.4, 0.5) is 0 Å². The van der Waals surface area contributed by atoms with Crippen LogP contribution in [0.3, 0.4) is 0 Å². The van der Waals surface area contributed by atoms with Gasteiger partial charge in [0, 0.05) is 32.1 Å². The second kappa shape index (κ2) is 11.2. The van der Waals surface area contributed by atoms with Gasteiger partial charge in [-0.2, -0.15) is 0 Å². The quantitative estimate of drug-likeness (QED) is 0.722. The van der Waals surface area contributed by atoms with Crippen LogP contribution in [0.2, 0.25) is 5.02 Å². The molecule has 2 aromatic carbocycles. The van der Waals surface area contributed by atoms with Gasteiger partial charge in [0.2, 0.25) is 5.91 Å². The van der Waals surface area contributed by atoms with Crippen LogP contribution < -0.4 is 11.1 Å². The summed E-state index contributed by atoms with van der Waals surface area (Å²) in [5.41, 5.74) is 7.93. The lowest BCUT2D eigenvalue weighted by Gasteiger charge is -2.36. The number of nitrogens with zero attached hydrogens (tertiary/aromatic N) is 1. The molecule has 7 heteroatoms. The first-order valence-electron chi connectivity index (χ1n) is 9.73. The molecule has 3 rings (SSSR count). The molecule has 0 spiro atoms. The zero-order valence-electron chi connectivity index (χ0n) is 16.3. The van der Waals surface area contributed by atoms with Crippen LogP contribution in [0, 0.1) is 0 Å². The molecule has 1 unspecified atom stereocenters. The molecule has 1 aliphatic rings. The highest BCUT2D eigenvalue weighted by Crippen LogP contribution is 2.28. The number of nitrogens with two attached hydrogens (primary N) is 1. The van der Waals surface area contributed by atoms with Crippen LogP contribution >= 0.6 is 24.0 Å². The number of halogens is 2. The summed E-state index contributed by atoms with van der Waals surface area (Å²) in [7, 11) is 0. The molecular weight excluding hydrogens is 409 g/mol. The van der Waals surface area contributed by atoms with Crippen LogP contribution in [0.1, 0.15) is 36.0 Å². The minimum atomic E-state index is -0.0828. The lowest BCUT2D eigenvalue weighted by Crippen LogP contribution is -2.49. The Hall–Kier alpha value is -2.08. The number of carbonyl (C=O) groups is 2. The van der Waals surface area contributed by atoms with Crippen LogP contribution in [0.25, 0.3) is 11.1 Å². The number of rotatable bonds is 6. The molecule has 2 aromatic rings. The van der Waals surface area contributed by atoms with E-state index in [0.29, 0.717) is 36.6 Å². The van der Waals surface area contributed by atoms with Crippen LogP contribution in [0.5, 0.6) is 0 Å².